The van der Waals surface area contributed by atoms with Gasteiger partial charge in [-0.2, -0.15) is 0 Å². The van der Waals surface area contributed by atoms with Gasteiger partial charge >= 0.3 is 0 Å². The summed E-state index contributed by atoms with van der Waals surface area (Å²) < 4.78 is 6.14. The number of nitrogens with one attached hydrogen (secondary N) is 1. The van der Waals surface area contributed by atoms with Gasteiger partial charge in [0.05, 0.1) is 29.3 Å². The van der Waals surface area contributed by atoms with Crippen molar-refractivity contribution in [2.45, 2.75) is 38.9 Å². The van der Waals surface area contributed by atoms with Crippen molar-refractivity contribution in [3.63, 3.8) is 0 Å². The molecular formula is C28H27IN8O2. The topological polar surface area (TPSA) is 102 Å². The molecule has 11 heteroatoms. The molecule has 198 valence electrons. The van der Waals surface area contributed by atoms with E-state index in [1.54, 1.807) is 21.6 Å². The lowest BCUT2D eigenvalue weighted by Gasteiger charge is -2.25. The Labute approximate surface area is 238 Å². The Morgan fingerprint density at radius 2 is 1.87 bits per heavy atom. The van der Waals surface area contributed by atoms with Crippen LogP contribution in [-0.4, -0.2) is 47.4 Å². The molecule has 5 aromatic rings. The lowest BCUT2D eigenvalue weighted by atomic mass is 10.1. The Kier molecular flexibility index (Phi) is 6.67. The minimum absolute atomic E-state index is 0.0926. The number of benzene rings is 1. The predicted octanol–water partition coefficient (Wildman–Crippen LogP) is 3.76. The second-order valence-corrected chi connectivity index (χ2v) is 10.6. The summed E-state index contributed by atoms with van der Waals surface area (Å²) in [4.78, 5) is 38.3. The van der Waals surface area contributed by atoms with E-state index >= 15 is 0 Å². The molecule has 4 aromatic heterocycles. The average molecular weight is 634 g/mol. The maximum Gasteiger partial charge on any atom is 0.284 e. The highest BCUT2D eigenvalue weighted by molar-refractivity contribution is 14.1. The Morgan fingerprint density at radius 3 is 2.62 bits per heavy atom. The first-order valence-electron chi connectivity index (χ1n) is 12.8. The number of hydrogen-bond acceptors (Lipinski definition) is 6. The quantitative estimate of drug-likeness (QED) is 0.286. The van der Waals surface area contributed by atoms with Gasteiger partial charge in [0.25, 0.3) is 11.5 Å². The molecule has 0 saturated carbocycles. The van der Waals surface area contributed by atoms with Crippen LogP contribution in [-0.2, 0) is 6.54 Å². The fourth-order valence-corrected chi connectivity index (χ4v) is 5.90. The van der Waals surface area contributed by atoms with Crippen molar-refractivity contribution in [2.75, 3.05) is 11.4 Å². The number of imidazole rings is 1. The summed E-state index contributed by atoms with van der Waals surface area (Å²) in [5.74, 6) is 0.402. The van der Waals surface area contributed by atoms with Gasteiger partial charge in [-0.25, -0.2) is 14.2 Å². The third kappa shape index (κ3) is 4.50. The lowest BCUT2D eigenvalue weighted by Crippen LogP contribution is -2.39. The molecule has 0 bridgehead atoms. The van der Waals surface area contributed by atoms with Crippen molar-refractivity contribution in [2.24, 2.45) is 0 Å². The molecule has 1 fully saturated rings. The van der Waals surface area contributed by atoms with Gasteiger partial charge in [-0.05, 0) is 79.3 Å². The number of pyridine rings is 1. The highest BCUT2D eigenvalue weighted by Crippen LogP contribution is 2.35. The SMILES string of the molecule is CCn1c(C)c(C(=O)N[C@H]2C[C@H](c3ccccn3)N(c3ccc4ncc(I)n4n3)C2)c(=O)n1-c1ccccc1. The predicted molar refractivity (Wildman–Crippen MR) is 156 cm³/mol. The third-order valence-electron chi connectivity index (χ3n) is 7.19. The van der Waals surface area contributed by atoms with E-state index in [1.807, 2.05) is 79.2 Å². The molecule has 0 radical (unpaired) electrons. The summed E-state index contributed by atoms with van der Waals surface area (Å²) in [7, 11) is 0. The Balaban J connectivity index is 1.32. The van der Waals surface area contributed by atoms with E-state index in [4.69, 9.17) is 5.10 Å². The van der Waals surface area contributed by atoms with Crippen LogP contribution in [0.4, 0.5) is 5.82 Å². The molecule has 39 heavy (non-hydrogen) atoms. The van der Waals surface area contributed by atoms with E-state index in [9.17, 15) is 9.59 Å². The highest BCUT2D eigenvalue weighted by atomic mass is 127. The molecule has 5 heterocycles. The summed E-state index contributed by atoms with van der Waals surface area (Å²) in [6.45, 7) is 4.87. The molecule has 0 spiro atoms. The Morgan fingerprint density at radius 1 is 1.08 bits per heavy atom. The van der Waals surface area contributed by atoms with Crippen LogP contribution in [0, 0.1) is 10.6 Å². The van der Waals surface area contributed by atoms with Gasteiger partial charge in [-0.15, -0.1) is 5.10 Å². The minimum atomic E-state index is -0.367. The van der Waals surface area contributed by atoms with Gasteiger partial charge < -0.3 is 10.2 Å². The van der Waals surface area contributed by atoms with E-state index < -0.39 is 0 Å². The van der Waals surface area contributed by atoms with Crippen molar-refractivity contribution in [1.82, 2.24) is 34.3 Å². The first-order valence-corrected chi connectivity index (χ1v) is 13.9. The second-order valence-electron chi connectivity index (χ2n) is 9.50. The Hall–Kier alpha value is -4.00. The number of carbonyl (C=O) groups excluding carboxylic acids is 1. The molecular weight excluding hydrogens is 607 g/mol. The molecule has 6 rings (SSSR count). The van der Waals surface area contributed by atoms with E-state index in [0.29, 0.717) is 25.2 Å². The molecule has 2 atom stereocenters. The zero-order chi connectivity index (χ0) is 27.1. The summed E-state index contributed by atoms with van der Waals surface area (Å²) in [5, 5.41) is 7.98. The first-order chi connectivity index (χ1) is 19.0. The van der Waals surface area contributed by atoms with E-state index in [2.05, 4.69) is 42.8 Å². The summed E-state index contributed by atoms with van der Waals surface area (Å²) >= 11 is 2.21. The summed E-state index contributed by atoms with van der Waals surface area (Å²) in [6.07, 6.45) is 4.19. The number of nitrogens with zero attached hydrogens (tertiary/aromatic N) is 7. The maximum atomic E-state index is 13.6. The van der Waals surface area contributed by atoms with Crippen molar-refractivity contribution >= 4 is 40.0 Å². The molecule has 0 unspecified atom stereocenters. The number of amides is 1. The van der Waals surface area contributed by atoms with Crippen LogP contribution in [0.15, 0.2) is 77.9 Å². The zero-order valence-electron chi connectivity index (χ0n) is 21.5. The monoisotopic (exact) mass is 634 g/mol. The minimum Gasteiger partial charge on any atom is -0.347 e. The number of aromatic nitrogens is 6. The number of carbonyl (C=O) groups is 1. The standard InChI is InChI=1S/C28H27IN8O2/c1-3-35-18(2)26(28(39)37(35)20-9-5-4-6-10-20)27(38)32-19-15-22(21-11-7-8-14-30-21)34(17-19)25-13-12-24-31-16-23(29)36(24)33-25/h4-14,16,19,22H,3,15,17H2,1-2H3,(H,32,38)/t19-,22+/m0/s1. The van der Waals surface area contributed by atoms with Crippen LogP contribution in [0.5, 0.6) is 0 Å². The molecule has 0 aliphatic carbocycles. The van der Waals surface area contributed by atoms with Crippen LogP contribution in [0.3, 0.4) is 0 Å². The molecule has 1 amide bonds. The van der Waals surface area contributed by atoms with Crippen LogP contribution in [0.2, 0.25) is 0 Å². The van der Waals surface area contributed by atoms with Crippen molar-refractivity contribution in [1.29, 1.82) is 0 Å². The van der Waals surface area contributed by atoms with Crippen molar-refractivity contribution in [3.8, 4) is 5.69 Å². The Bertz CT molecular complexity index is 1710. The van der Waals surface area contributed by atoms with Gasteiger partial charge in [0, 0.05) is 25.3 Å². The van der Waals surface area contributed by atoms with Gasteiger partial charge in [0.1, 0.15) is 15.1 Å². The van der Waals surface area contributed by atoms with Crippen LogP contribution < -0.4 is 15.8 Å². The van der Waals surface area contributed by atoms with Gasteiger partial charge in [0.15, 0.2) is 5.65 Å². The van der Waals surface area contributed by atoms with E-state index in [0.717, 1.165) is 26.5 Å². The number of para-hydroxylation sites is 1. The molecule has 1 aliphatic rings. The van der Waals surface area contributed by atoms with Crippen molar-refractivity contribution < 1.29 is 4.79 Å². The fourth-order valence-electron chi connectivity index (χ4n) is 5.41. The molecule has 1 aliphatic heterocycles. The van der Waals surface area contributed by atoms with E-state index in [-0.39, 0.29) is 29.1 Å². The van der Waals surface area contributed by atoms with Crippen LogP contribution >= 0.6 is 22.6 Å². The number of rotatable bonds is 6. The number of anilines is 1. The normalized spacial score (nSPS) is 17.2. The van der Waals surface area contributed by atoms with E-state index in [1.165, 1.54) is 0 Å². The van der Waals surface area contributed by atoms with Gasteiger partial charge in [0.2, 0.25) is 0 Å². The second kappa shape index (κ2) is 10.3. The third-order valence-corrected chi connectivity index (χ3v) is 7.93. The van der Waals surface area contributed by atoms with Gasteiger partial charge in [-0.3, -0.25) is 19.3 Å². The smallest absolute Gasteiger partial charge is 0.284 e. The largest absolute Gasteiger partial charge is 0.347 e. The zero-order valence-corrected chi connectivity index (χ0v) is 23.7. The highest BCUT2D eigenvalue weighted by Gasteiger charge is 2.37. The molecule has 1 N–H and O–H groups in total. The number of hydrogen-bond donors (Lipinski definition) is 1. The average Bonchev–Trinajstić information content (AvgIpc) is 3.62. The lowest BCUT2D eigenvalue weighted by molar-refractivity contribution is 0.0938. The van der Waals surface area contributed by atoms with Crippen LogP contribution in [0.25, 0.3) is 11.3 Å². The maximum absolute atomic E-state index is 13.6. The molecule has 1 aromatic carbocycles. The van der Waals surface area contributed by atoms with Gasteiger partial charge in [-0.1, -0.05) is 24.3 Å². The number of halogens is 1. The molecule has 10 nitrogen and oxygen atoms in total. The summed E-state index contributed by atoms with van der Waals surface area (Å²) in [6, 6.07) is 18.8. The number of fused-ring (bicyclic) bond motifs is 1. The summed E-state index contributed by atoms with van der Waals surface area (Å²) in [5.41, 5.74) is 2.88. The molecule has 1 saturated heterocycles. The first kappa shape index (κ1) is 25.3. The van der Waals surface area contributed by atoms with Crippen molar-refractivity contribution in [3.05, 3.63) is 104 Å². The van der Waals surface area contributed by atoms with Crippen LogP contribution in [0.1, 0.15) is 41.1 Å². The fraction of sp³-hybridized carbons (Fsp3) is 0.250.